The van der Waals surface area contributed by atoms with Crippen LogP contribution in [0.1, 0.15) is 68.9 Å². The van der Waals surface area contributed by atoms with Crippen LogP contribution in [-0.4, -0.2) is 68.1 Å². The van der Waals surface area contributed by atoms with Crippen LogP contribution in [0.3, 0.4) is 0 Å². The van der Waals surface area contributed by atoms with Gasteiger partial charge < -0.3 is 30.7 Å². The smallest absolute Gasteiger partial charge is 0.330 e. The minimum Gasteiger partial charge on any atom is -0.469 e. The van der Waals surface area contributed by atoms with Crippen molar-refractivity contribution in [3.05, 3.63) is 145 Å². The summed E-state index contributed by atoms with van der Waals surface area (Å²) in [7, 11) is 3.49. The summed E-state index contributed by atoms with van der Waals surface area (Å²) < 4.78 is 9.11. The zero-order chi connectivity index (χ0) is 47.8. The minimum atomic E-state index is -0.565. The monoisotopic (exact) mass is 980 g/mol. The molecule has 0 radical (unpaired) electrons. The fraction of sp³-hybridized carbons (Fsp3) is 0.333. The molecule has 0 saturated heterocycles. The largest absolute Gasteiger partial charge is 0.469 e. The van der Waals surface area contributed by atoms with Crippen molar-refractivity contribution in [1.29, 1.82) is 0 Å². The van der Waals surface area contributed by atoms with E-state index in [9.17, 15) is 28.8 Å². The number of hydrogen-bond donors (Lipinski definition) is 5. The van der Waals surface area contributed by atoms with Crippen LogP contribution < -0.4 is 21.3 Å². The number of thiol groups is 1. The lowest BCUT2D eigenvalue weighted by atomic mass is 10.2. The number of amides is 4. The first kappa shape index (κ1) is 57.8. The molecule has 0 aliphatic carbocycles. The molecule has 350 valence electrons. The Balaban J connectivity index is 0.000000540. The highest BCUT2D eigenvalue weighted by atomic mass is 33.1. The van der Waals surface area contributed by atoms with Gasteiger partial charge in [-0.2, -0.15) is 12.6 Å². The maximum Gasteiger partial charge on any atom is 0.330 e. The van der Waals surface area contributed by atoms with E-state index in [0.717, 1.165) is 82.2 Å². The number of carbonyl (C=O) groups excluding carboxylic acids is 6. The predicted octanol–water partition coefficient (Wildman–Crippen LogP) is 8.31. The van der Waals surface area contributed by atoms with Crippen molar-refractivity contribution in [2.45, 2.75) is 74.5 Å². The van der Waals surface area contributed by atoms with Gasteiger partial charge in [-0.25, -0.2) is 4.79 Å². The van der Waals surface area contributed by atoms with Gasteiger partial charge >= 0.3 is 11.9 Å². The van der Waals surface area contributed by atoms with Crippen LogP contribution in [0.5, 0.6) is 0 Å². The summed E-state index contributed by atoms with van der Waals surface area (Å²) >= 11 is 13.8. The Kier molecular flexibility index (Phi) is 34.9. The first-order valence-electron chi connectivity index (χ1n) is 20.8. The number of rotatable bonds is 23. The van der Waals surface area contributed by atoms with E-state index in [0.29, 0.717) is 31.7 Å². The Labute approximate surface area is 406 Å². The van der Waals surface area contributed by atoms with Crippen molar-refractivity contribution in [2.75, 3.05) is 37.9 Å². The predicted molar refractivity (Wildman–Crippen MR) is 274 cm³/mol. The summed E-state index contributed by atoms with van der Waals surface area (Å²) in [5, 5.41) is 10.8. The molecule has 0 fully saturated rings. The maximum atomic E-state index is 12.6. The summed E-state index contributed by atoms with van der Waals surface area (Å²) in [6.45, 7) is 1.02. The van der Waals surface area contributed by atoms with Crippen molar-refractivity contribution >= 4 is 103 Å². The van der Waals surface area contributed by atoms with Gasteiger partial charge in [-0.15, -0.1) is 11.8 Å². The van der Waals surface area contributed by atoms with Gasteiger partial charge in [0.1, 0.15) is 0 Å². The number of benzene rings is 4. The zero-order valence-electron chi connectivity index (χ0n) is 36.8. The standard InChI is InChI=1S/C24H30N2O4S.C17H22N2O4.C7H8S.S3/c1-30-23(28)17-21(31-18-19-11-5-2-6-12-19)24(29)25-16-10-4-9-15-22(27)26-20-13-7-3-8-14-20;1-23-17(22)12-11-15(20)18-13-7-3-6-10-16(21)19-14-8-4-2-5-9-14;8-6-7-4-2-1-3-5-7;1-3-2/h2-3,5-8,11-14,21H,4,9-10,15-18H2,1H3,(H,25,29)(H,26,27);2,4-5,8-9,11-12H,3,6-7,10,13H2,1H3,(H,18,20)(H,19,21);1-5,8H,6H2;/b;12-11-;;. The molecule has 4 N–H and O–H groups in total. The highest BCUT2D eigenvalue weighted by Gasteiger charge is 2.22. The summed E-state index contributed by atoms with van der Waals surface area (Å²) in [6, 6.07) is 38.7. The number of thioether (sulfide) groups is 1. The van der Waals surface area contributed by atoms with Crippen LogP contribution in [0.4, 0.5) is 11.4 Å². The minimum absolute atomic E-state index is 0.00862. The second-order valence-electron chi connectivity index (χ2n) is 13.7. The molecule has 65 heavy (non-hydrogen) atoms. The van der Waals surface area contributed by atoms with Gasteiger partial charge in [0.15, 0.2) is 0 Å². The number of unbranched alkanes of at least 4 members (excludes halogenated alkanes) is 4. The van der Waals surface area contributed by atoms with Gasteiger partial charge in [0.25, 0.3) is 0 Å². The fourth-order valence-electron chi connectivity index (χ4n) is 5.29. The lowest BCUT2D eigenvalue weighted by Gasteiger charge is -2.15. The van der Waals surface area contributed by atoms with Crippen molar-refractivity contribution in [3.8, 4) is 0 Å². The lowest BCUT2D eigenvalue weighted by Crippen LogP contribution is -2.35. The van der Waals surface area contributed by atoms with Crippen molar-refractivity contribution in [2.24, 2.45) is 0 Å². The van der Waals surface area contributed by atoms with E-state index < -0.39 is 17.2 Å². The highest BCUT2D eigenvalue weighted by molar-refractivity contribution is 8.37. The maximum absolute atomic E-state index is 12.6. The molecular weight excluding hydrogens is 921 g/mol. The molecule has 0 heterocycles. The molecule has 0 aliphatic rings. The number of ether oxygens (including phenoxy) is 2. The Bertz CT molecular complexity index is 2010. The van der Waals surface area contributed by atoms with Crippen LogP contribution in [0.25, 0.3) is 0 Å². The molecule has 1 atom stereocenters. The van der Waals surface area contributed by atoms with Crippen molar-refractivity contribution < 1.29 is 38.2 Å². The molecule has 0 aliphatic heterocycles. The van der Waals surface area contributed by atoms with Gasteiger partial charge in [0, 0.05) is 92.2 Å². The molecule has 4 aromatic rings. The van der Waals surface area contributed by atoms with Gasteiger partial charge in [-0.1, -0.05) is 110 Å². The second kappa shape index (κ2) is 39.2. The van der Waals surface area contributed by atoms with Crippen molar-refractivity contribution in [3.63, 3.8) is 0 Å². The third-order valence-electron chi connectivity index (χ3n) is 8.64. The third kappa shape index (κ3) is 32.2. The van der Waals surface area contributed by atoms with E-state index in [1.165, 1.54) is 31.5 Å². The Morgan fingerprint density at radius 3 is 1.48 bits per heavy atom. The average molecular weight is 981 g/mol. The Morgan fingerprint density at radius 2 is 1.05 bits per heavy atom. The zero-order valence-corrected chi connectivity index (χ0v) is 41.0. The molecule has 0 saturated carbocycles. The van der Waals surface area contributed by atoms with E-state index in [4.69, 9.17) is 4.74 Å². The third-order valence-corrected chi connectivity index (χ3v) is 10.3. The molecule has 4 rings (SSSR count). The van der Waals surface area contributed by atoms with Crippen LogP contribution in [-0.2, 0) is 81.0 Å². The van der Waals surface area contributed by atoms with Crippen LogP contribution in [0.15, 0.2) is 133 Å². The Hall–Kier alpha value is -5.20. The molecule has 0 aromatic heterocycles. The van der Waals surface area contributed by atoms with Crippen LogP contribution in [0, 0.1) is 0 Å². The summed E-state index contributed by atoms with van der Waals surface area (Å²) in [6.07, 6.45) is 7.88. The number of esters is 2. The molecule has 4 amide bonds. The molecule has 17 heteroatoms. The normalized spacial score (nSPS) is 10.4. The SMILES string of the molecule is COC(=O)/C=C\C(=O)NCCCCCC(=O)Nc1ccccc1.COC(=O)CC(SCc1ccccc1)C(=O)NCCCCCC(=O)Nc1ccccc1.S=S=S.SCc1ccccc1. The number of para-hydroxylation sites is 2. The number of hydrogen-bond acceptors (Lipinski definition) is 12. The van der Waals surface area contributed by atoms with E-state index in [1.807, 2.05) is 109 Å². The van der Waals surface area contributed by atoms with Gasteiger partial charge in [-0.3, -0.25) is 24.0 Å². The lowest BCUT2D eigenvalue weighted by molar-refractivity contribution is -0.141. The quantitative estimate of drug-likeness (QED) is 0.0210. The summed E-state index contributed by atoms with van der Waals surface area (Å²) in [5.74, 6) is -0.000153. The topological polar surface area (TPSA) is 169 Å². The number of nitrogens with one attached hydrogen (secondary N) is 4. The van der Waals surface area contributed by atoms with E-state index in [-0.39, 0.29) is 30.0 Å². The van der Waals surface area contributed by atoms with E-state index >= 15 is 0 Å². The first-order valence-corrected chi connectivity index (χ1v) is 25.2. The Morgan fingerprint density at radius 1 is 0.600 bits per heavy atom. The number of methoxy groups -OCH3 is 2. The van der Waals surface area contributed by atoms with Gasteiger partial charge in [-0.05, 0) is 61.1 Å². The van der Waals surface area contributed by atoms with E-state index in [1.54, 1.807) is 0 Å². The molecule has 12 nitrogen and oxygen atoms in total. The van der Waals surface area contributed by atoms with Crippen LogP contribution >= 0.6 is 24.4 Å². The van der Waals surface area contributed by atoms with Gasteiger partial charge in [0.2, 0.25) is 23.6 Å². The highest BCUT2D eigenvalue weighted by Crippen LogP contribution is 2.21. The molecular formula is C48H60N4O8S5. The molecule has 0 bridgehead atoms. The first-order chi connectivity index (χ1) is 31.5. The van der Waals surface area contributed by atoms with Crippen LogP contribution in [0.2, 0.25) is 0 Å². The van der Waals surface area contributed by atoms with Crippen molar-refractivity contribution in [1.82, 2.24) is 10.6 Å². The second-order valence-corrected chi connectivity index (χ2v) is 16.9. The number of carbonyl (C=O) groups is 6. The summed E-state index contributed by atoms with van der Waals surface area (Å²) in [4.78, 5) is 70.0. The van der Waals surface area contributed by atoms with Gasteiger partial charge in [0.05, 0.1) is 25.9 Å². The average Bonchev–Trinajstić information content (AvgIpc) is 3.33. The molecule has 4 aromatic carbocycles. The molecule has 1 unspecified atom stereocenters. The number of anilines is 2. The fourth-order valence-corrected chi connectivity index (χ4v) is 6.57. The molecule has 0 spiro atoms. The van der Waals surface area contributed by atoms with E-state index in [2.05, 4.69) is 73.1 Å². The summed E-state index contributed by atoms with van der Waals surface area (Å²) in [5.41, 5.74) is 3.96.